The molecule has 0 atom stereocenters. The third-order valence-corrected chi connectivity index (χ3v) is 5.22. The summed E-state index contributed by atoms with van der Waals surface area (Å²) in [7, 11) is 1.99. The molecule has 0 saturated heterocycles. The van der Waals surface area contributed by atoms with Gasteiger partial charge in [-0.05, 0) is 35.2 Å². The highest BCUT2D eigenvalue weighted by atomic mass is 79.9. The number of aromatic nitrogens is 2. The van der Waals surface area contributed by atoms with Gasteiger partial charge in [0.05, 0.1) is 27.3 Å². The zero-order chi connectivity index (χ0) is 13.9. The van der Waals surface area contributed by atoms with Crippen LogP contribution in [0.5, 0.6) is 0 Å². The van der Waals surface area contributed by atoms with Gasteiger partial charge in [0.1, 0.15) is 0 Å². The smallest absolute Gasteiger partial charge is 0.0766 e. The van der Waals surface area contributed by atoms with E-state index in [1.807, 2.05) is 11.7 Å². The van der Waals surface area contributed by atoms with Crippen molar-refractivity contribution in [1.82, 2.24) is 9.78 Å². The van der Waals surface area contributed by atoms with Crippen LogP contribution in [0, 0.1) is 16.7 Å². The predicted molar refractivity (Wildman–Crippen MR) is 79.7 cm³/mol. The second-order valence-electron chi connectivity index (χ2n) is 5.67. The molecule has 1 aliphatic carbocycles. The van der Waals surface area contributed by atoms with Gasteiger partial charge in [0.15, 0.2) is 0 Å². The van der Waals surface area contributed by atoms with Crippen LogP contribution in [0.25, 0.3) is 0 Å². The van der Waals surface area contributed by atoms with Crippen LogP contribution in [-0.2, 0) is 19.9 Å². The van der Waals surface area contributed by atoms with E-state index in [-0.39, 0.29) is 5.41 Å². The standard InChI is InChI=1S/C15H22BrN3/c1-3-12-14(16)13(19(2)18-12)10-15(11-17)8-6-4-5-7-9-15/h3-10H2,1-2H3. The molecule has 0 aromatic carbocycles. The molecule has 0 amide bonds. The zero-order valence-electron chi connectivity index (χ0n) is 11.9. The maximum Gasteiger partial charge on any atom is 0.0766 e. The fourth-order valence-electron chi connectivity index (χ4n) is 3.07. The molecule has 0 unspecified atom stereocenters. The number of hydrogen-bond donors (Lipinski definition) is 0. The second-order valence-corrected chi connectivity index (χ2v) is 6.46. The molecule has 2 rings (SSSR count). The molecule has 0 spiro atoms. The average Bonchev–Trinajstić information content (AvgIpc) is 2.62. The van der Waals surface area contributed by atoms with Gasteiger partial charge in [-0.2, -0.15) is 10.4 Å². The predicted octanol–water partition coefficient (Wildman–Crippen LogP) is 4.15. The summed E-state index contributed by atoms with van der Waals surface area (Å²) < 4.78 is 3.06. The SMILES string of the molecule is CCc1nn(C)c(CC2(C#N)CCCCCC2)c1Br. The molecule has 1 saturated carbocycles. The Kier molecular flexibility index (Phi) is 4.67. The van der Waals surface area contributed by atoms with Crippen LogP contribution in [0.2, 0.25) is 0 Å². The van der Waals surface area contributed by atoms with Crippen LogP contribution in [0.3, 0.4) is 0 Å². The lowest BCUT2D eigenvalue weighted by atomic mass is 9.78. The van der Waals surface area contributed by atoms with Crippen molar-refractivity contribution in [2.45, 2.75) is 58.3 Å². The van der Waals surface area contributed by atoms with Crippen LogP contribution in [0.4, 0.5) is 0 Å². The van der Waals surface area contributed by atoms with E-state index >= 15 is 0 Å². The van der Waals surface area contributed by atoms with Gasteiger partial charge in [0, 0.05) is 13.5 Å². The summed E-state index contributed by atoms with van der Waals surface area (Å²) in [6.07, 6.45) is 8.73. The van der Waals surface area contributed by atoms with Crippen molar-refractivity contribution in [3.05, 3.63) is 15.9 Å². The first-order chi connectivity index (χ1) is 9.12. The van der Waals surface area contributed by atoms with Gasteiger partial charge in [-0.1, -0.05) is 32.6 Å². The van der Waals surface area contributed by atoms with E-state index in [9.17, 15) is 5.26 Å². The highest BCUT2D eigenvalue weighted by Gasteiger charge is 2.33. The van der Waals surface area contributed by atoms with Crippen molar-refractivity contribution in [2.75, 3.05) is 0 Å². The van der Waals surface area contributed by atoms with Crippen molar-refractivity contribution in [2.24, 2.45) is 12.5 Å². The van der Waals surface area contributed by atoms with E-state index in [4.69, 9.17) is 0 Å². The lowest BCUT2D eigenvalue weighted by Gasteiger charge is -2.25. The maximum absolute atomic E-state index is 9.68. The first kappa shape index (κ1) is 14.6. The summed E-state index contributed by atoms with van der Waals surface area (Å²) in [6.45, 7) is 2.11. The van der Waals surface area contributed by atoms with Crippen LogP contribution >= 0.6 is 15.9 Å². The Morgan fingerprint density at radius 2 is 1.95 bits per heavy atom. The Hall–Kier alpha value is -0.820. The summed E-state index contributed by atoms with van der Waals surface area (Å²) in [6, 6.07) is 2.63. The molecule has 19 heavy (non-hydrogen) atoms. The first-order valence-electron chi connectivity index (χ1n) is 7.23. The van der Waals surface area contributed by atoms with E-state index in [1.54, 1.807) is 0 Å². The minimum Gasteiger partial charge on any atom is -0.271 e. The van der Waals surface area contributed by atoms with Crippen molar-refractivity contribution < 1.29 is 0 Å². The second kappa shape index (κ2) is 6.09. The summed E-state index contributed by atoms with van der Waals surface area (Å²) in [5.41, 5.74) is 2.09. The van der Waals surface area contributed by atoms with Gasteiger partial charge < -0.3 is 0 Å². The van der Waals surface area contributed by atoms with Crippen molar-refractivity contribution in [1.29, 1.82) is 5.26 Å². The highest BCUT2D eigenvalue weighted by molar-refractivity contribution is 9.10. The molecule has 0 aliphatic heterocycles. The Balaban J connectivity index is 2.27. The highest BCUT2D eigenvalue weighted by Crippen LogP contribution is 2.39. The van der Waals surface area contributed by atoms with Crippen molar-refractivity contribution in [3.8, 4) is 6.07 Å². The molecule has 1 heterocycles. The molecule has 4 heteroatoms. The van der Waals surface area contributed by atoms with E-state index in [2.05, 4.69) is 34.0 Å². The lowest BCUT2D eigenvalue weighted by Crippen LogP contribution is -2.22. The average molecular weight is 324 g/mol. The van der Waals surface area contributed by atoms with Gasteiger partial charge in [0.2, 0.25) is 0 Å². The number of aryl methyl sites for hydroxylation is 2. The zero-order valence-corrected chi connectivity index (χ0v) is 13.5. The number of halogens is 1. The Bertz CT molecular complexity index is 476. The minimum atomic E-state index is -0.183. The Morgan fingerprint density at radius 1 is 1.32 bits per heavy atom. The third kappa shape index (κ3) is 3.02. The largest absolute Gasteiger partial charge is 0.271 e. The van der Waals surface area contributed by atoms with Crippen LogP contribution < -0.4 is 0 Å². The molecule has 1 aliphatic rings. The molecule has 0 bridgehead atoms. The Labute approximate surface area is 124 Å². The molecule has 1 aromatic rings. The number of rotatable bonds is 3. The van der Waals surface area contributed by atoms with Crippen molar-refractivity contribution in [3.63, 3.8) is 0 Å². The number of nitrogens with zero attached hydrogens (tertiary/aromatic N) is 3. The number of nitriles is 1. The molecule has 3 nitrogen and oxygen atoms in total. The lowest BCUT2D eigenvalue weighted by molar-refractivity contribution is 0.330. The fourth-order valence-corrected chi connectivity index (χ4v) is 3.82. The quantitative estimate of drug-likeness (QED) is 0.784. The molecular weight excluding hydrogens is 302 g/mol. The van der Waals surface area contributed by atoms with Crippen LogP contribution in [0.15, 0.2) is 4.47 Å². The first-order valence-corrected chi connectivity index (χ1v) is 8.02. The van der Waals surface area contributed by atoms with E-state index in [1.165, 1.54) is 31.4 Å². The van der Waals surface area contributed by atoms with Gasteiger partial charge in [-0.25, -0.2) is 0 Å². The normalized spacial score (nSPS) is 18.8. The summed E-state index contributed by atoms with van der Waals surface area (Å²) in [5, 5.41) is 14.2. The van der Waals surface area contributed by atoms with Crippen LogP contribution in [-0.4, -0.2) is 9.78 Å². The van der Waals surface area contributed by atoms with Gasteiger partial charge in [0.25, 0.3) is 0 Å². The summed E-state index contributed by atoms with van der Waals surface area (Å²) >= 11 is 3.67. The molecule has 1 aromatic heterocycles. The fraction of sp³-hybridized carbons (Fsp3) is 0.733. The summed E-state index contributed by atoms with van der Waals surface area (Å²) in [5.74, 6) is 0. The van der Waals surface area contributed by atoms with E-state index in [0.29, 0.717) is 0 Å². The maximum atomic E-state index is 9.68. The Morgan fingerprint density at radius 3 is 2.42 bits per heavy atom. The molecule has 1 fully saturated rings. The van der Waals surface area contributed by atoms with Gasteiger partial charge in [-0.15, -0.1) is 0 Å². The molecular formula is C15H22BrN3. The van der Waals surface area contributed by atoms with Gasteiger partial charge in [-0.3, -0.25) is 4.68 Å². The van der Waals surface area contributed by atoms with Crippen LogP contribution in [0.1, 0.15) is 56.8 Å². The van der Waals surface area contributed by atoms with Crippen molar-refractivity contribution >= 4 is 15.9 Å². The van der Waals surface area contributed by atoms with E-state index < -0.39 is 0 Å². The summed E-state index contributed by atoms with van der Waals surface area (Å²) in [4.78, 5) is 0. The molecule has 0 N–H and O–H groups in total. The minimum absolute atomic E-state index is 0.183. The monoisotopic (exact) mass is 323 g/mol. The molecule has 104 valence electrons. The third-order valence-electron chi connectivity index (χ3n) is 4.31. The topological polar surface area (TPSA) is 41.6 Å². The van der Waals surface area contributed by atoms with Gasteiger partial charge >= 0.3 is 0 Å². The van der Waals surface area contributed by atoms with E-state index in [0.717, 1.165) is 35.8 Å². The molecule has 0 radical (unpaired) electrons. The number of hydrogen-bond acceptors (Lipinski definition) is 2.